The topological polar surface area (TPSA) is 78.1 Å². The predicted molar refractivity (Wildman–Crippen MR) is 64.0 cm³/mol. The fourth-order valence-corrected chi connectivity index (χ4v) is 3.25. The molecular formula is C10H18N4O2S. The Balaban J connectivity index is 1.91. The van der Waals surface area contributed by atoms with Crippen LogP contribution in [-0.4, -0.2) is 49.2 Å². The van der Waals surface area contributed by atoms with Crippen LogP contribution in [0.5, 0.6) is 0 Å². The number of sulfonamides is 1. The third kappa shape index (κ3) is 3.27. The molecule has 1 fully saturated rings. The Morgan fingerprint density at radius 1 is 1.53 bits per heavy atom. The molecule has 0 radical (unpaired) electrons. The van der Waals surface area contributed by atoms with Gasteiger partial charge in [-0.15, -0.1) is 0 Å². The molecule has 2 rings (SSSR count). The second-order valence-electron chi connectivity index (χ2n) is 4.46. The molecule has 0 bridgehead atoms. The molecule has 0 aromatic carbocycles. The average molecular weight is 258 g/mol. The predicted octanol–water partition coefficient (Wildman–Crippen LogP) is 0.172. The van der Waals surface area contributed by atoms with Crippen LogP contribution in [0, 0.1) is 0 Å². The monoisotopic (exact) mass is 258 g/mol. The van der Waals surface area contributed by atoms with E-state index in [-0.39, 0.29) is 10.9 Å². The average Bonchev–Trinajstić information content (AvgIpc) is 2.87. The minimum absolute atomic E-state index is 0.0898. The summed E-state index contributed by atoms with van der Waals surface area (Å²) in [7, 11) is -3.43. The maximum absolute atomic E-state index is 11.9. The molecule has 6 nitrogen and oxygen atoms in total. The van der Waals surface area contributed by atoms with E-state index in [1.807, 2.05) is 6.92 Å². The first kappa shape index (κ1) is 12.5. The summed E-state index contributed by atoms with van der Waals surface area (Å²) in [5, 5.41) is 6.15. The zero-order valence-corrected chi connectivity index (χ0v) is 10.7. The zero-order valence-electron chi connectivity index (χ0n) is 9.89. The van der Waals surface area contributed by atoms with Crippen LogP contribution < -0.4 is 4.72 Å². The van der Waals surface area contributed by atoms with Gasteiger partial charge in [0.25, 0.3) is 0 Å². The Morgan fingerprint density at radius 3 is 2.82 bits per heavy atom. The highest BCUT2D eigenvalue weighted by Gasteiger charge is 2.21. The quantitative estimate of drug-likeness (QED) is 0.789. The molecule has 0 saturated carbocycles. The molecule has 7 heteroatoms. The highest BCUT2D eigenvalue weighted by atomic mass is 32.2. The number of nitrogens with zero attached hydrogens (tertiary/aromatic N) is 2. The molecule has 1 aromatic heterocycles. The number of H-pyrrole nitrogens is 1. The van der Waals surface area contributed by atoms with Crippen LogP contribution in [0.15, 0.2) is 17.3 Å². The van der Waals surface area contributed by atoms with Crippen LogP contribution >= 0.6 is 0 Å². The van der Waals surface area contributed by atoms with Crippen molar-refractivity contribution in [2.24, 2.45) is 0 Å². The Morgan fingerprint density at radius 2 is 2.24 bits per heavy atom. The first-order valence-corrected chi connectivity index (χ1v) is 7.30. The second kappa shape index (κ2) is 5.16. The molecule has 2 N–H and O–H groups in total. The number of hydrogen-bond donors (Lipinski definition) is 2. The number of aromatic amines is 1. The van der Waals surface area contributed by atoms with E-state index in [9.17, 15) is 8.42 Å². The van der Waals surface area contributed by atoms with Crippen molar-refractivity contribution in [1.29, 1.82) is 0 Å². The van der Waals surface area contributed by atoms with Crippen molar-refractivity contribution in [2.45, 2.75) is 30.7 Å². The summed E-state index contributed by atoms with van der Waals surface area (Å²) in [4.78, 5) is 2.47. The van der Waals surface area contributed by atoms with Crippen molar-refractivity contribution in [3.8, 4) is 0 Å². The number of aromatic nitrogens is 2. The van der Waals surface area contributed by atoms with Crippen molar-refractivity contribution < 1.29 is 8.42 Å². The van der Waals surface area contributed by atoms with Gasteiger partial charge in [0.15, 0.2) is 0 Å². The fourth-order valence-electron chi connectivity index (χ4n) is 2.11. The van der Waals surface area contributed by atoms with Crippen molar-refractivity contribution in [3.05, 3.63) is 12.4 Å². The highest BCUT2D eigenvalue weighted by molar-refractivity contribution is 7.89. The molecule has 1 aliphatic heterocycles. The first-order valence-electron chi connectivity index (χ1n) is 5.81. The third-order valence-electron chi connectivity index (χ3n) is 2.87. The molecular weight excluding hydrogens is 240 g/mol. The normalized spacial score (nSPS) is 19.6. The summed E-state index contributed by atoms with van der Waals surface area (Å²) in [6, 6.07) is -0.0898. The minimum Gasteiger partial charge on any atom is -0.302 e. The summed E-state index contributed by atoms with van der Waals surface area (Å²) >= 11 is 0. The molecule has 17 heavy (non-hydrogen) atoms. The standard InChI is InChI=1S/C10H18N4O2S/c1-9(8-14-4-2-3-5-14)13-17(15,16)10-6-11-12-7-10/h6-7,9,13H,2-5,8H2,1H3,(H,11,12). The van der Waals surface area contributed by atoms with Crippen LogP contribution in [0.4, 0.5) is 0 Å². The maximum atomic E-state index is 11.9. The van der Waals surface area contributed by atoms with Crippen LogP contribution in [0.2, 0.25) is 0 Å². The lowest BCUT2D eigenvalue weighted by atomic mass is 10.3. The number of nitrogens with one attached hydrogen (secondary N) is 2. The molecule has 2 heterocycles. The second-order valence-corrected chi connectivity index (χ2v) is 6.18. The molecule has 1 saturated heterocycles. The van der Waals surface area contributed by atoms with Crippen LogP contribution in [0.3, 0.4) is 0 Å². The van der Waals surface area contributed by atoms with Gasteiger partial charge in [0.1, 0.15) is 4.90 Å². The number of rotatable bonds is 5. The van der Waals surface area contributed by atoms with E-state index in [0.29, 0.717) is 0 Å². The van der Waals surface area contributed by atoms with Gasteiger partial charge in [0, 0.05) is 18.8 Å². The van der Waals surface area contributed by atoms with Crippen LogP contribution in [-0.2, 0) is 10.0 Å². The largest absolute Gasteiger partial charge is 0.302 e. The summed E-state index contributed by atoms with van der Waals surface area (Å²) in [5.74, 6) is 0. The SMILES string of the molecule is CC(CN1CCCC1)NS(=O)(=O)c1cn[nH]c1. The lowest BCUT2D eigenvalue weighted by Gasteiger charge is -2.20. The van der Waals surface area contributed by atoms with E-state index in [1.165, 1.54) is 25.2 Å². The van der Waals surface area contributed by atoms with Gasteiger partial charge >= 0.3 is 0 Å². The van der Waals surface area contributed by atoms with Crippen molar-refractivity contribution in [3.63, 3.8) is 0 Å². The van der Waals surface area contributed by atoms with E-state index in [0.717, 1.165) is 19.6 Å². The summed E-state index contributed by atoms with van der Waals surface area (Å²) in [6.45, 7) is 4.78. The van der Waals surface area contributed by atoms with Gasteiger partial charge in [-0.2, -0.15) is 5.10 Å². The van der Waals surface area contributed by atoms with Crippen LogP contribution in [0.25, 0.3) is 0 Å². The lowest BCUT2D eigenvalue weighted by Crippen LogP contribution is -2.40. The Labute approximate surface area is 101 Å². The summed E-state index contributed by atoms with van der Waals surface area (Å²) in [6.07, 6.45) is 5.11. The Kier molecular flexibility index (Phi) is 3.80. The van der Waals surface area contributed by atoms with E-state index in [1.54, 1.807) is 0 Å². The lowest BCUT2D eigenvalue weighted by molar-refractivity contribution is 0.313. The van der Waals surface area contributed by atoms with Crippen LogP contribution in [0.1, 0.15) is 19.8 Å². The van der Waals surface area contributed by atoms with Crippen molar-refractivity contribution in [1.82, 2.24) is 19.8 Å². The highest BCUT2D eigenvalue weighted by Crippen LogP contribution is 2.09. The van der Waals surface area contributed by atoms with Gasteiger partial charge in [0.2, 0.25) is 10.0 Å². The van der Waals surface area contributed by atoms with E-state index < -0.39 is 10.0 Å². The first-order chi connectivity index (χ1) is 8.08. The zero-order chi connectivity index (χ0) is 12.3. The van der Waals surface area contributed by atoms with Gasteiger partial charge < -0.3 is 4.90 Å². The molecule has 1 aliphatic rings. The Bertz CT molecular complexity index is 437. The van der Waals surface area contributed by atoms with Gasteiger partial charge in [-0.25, -0.2) is 13.1 Å². The molecule has 1 aromatic rings. The van der Waals surface area contributed by atoms with E-state index in [4.69, 9.17) is 0 Å². The van der Waals surface area contributed by atoms with Gasteiger partial charge in [-0.05, 0) is 32.9 Å². The summed E-state index contributed by atoms with van der Waals surface area (Å²) in [5.41, 5.74) is 0. The molecule has 96 valence electrons. The minimum atomic E-state index is -3.43. The number of likely N-dealkylation sites (tertiary alicyclic amines) is 1. The molecule has 0 amide bonds. The van der Waals surface area contributed by atoms with Gasteiger partial charge in [0.05, 0.1) is 6.20 Å². The van der Waals surface area contributed by atoms with Gasteiger partial charge in [-0.3, -0.25) is 5.10 Å². The third-order valence-corrected chi connectivity index (χ3v) is 4.43. The van der Waals surface area contributed by atoms with Crippen molar-refractivity contribution >= 4 is 10.0 Å². The fraction of sp³-hybridized carbons (Fsp3) is 0.700. The molecule has 1 atom stereocenters. The summed E-state index contributed by atoms with van der Waals surface area (Å²) < 4.78 is 26.4. The van der Waals surface area contributed by atoms with E-state index >= 15 is 0 Å². The van der Waals surface area contributed by atoms with Gasteiger partial charge in [-0.1, -0.05) is 0 Å². The molecule has 0 spiro atoms. The number of hydrogen-bond acceptors (Lipinski definition) is 4. The van der Waals surface area contributed by atoms with Crippen molar-refractivity contribution in [2.75, 3.05) is 19.6 Å². The maximum Gasteiger partial charge on any atom is 0.243 e. The smallest absolute Gasteiger partial charge is 0.243 e. The van der Waals surface area contributed by atoms with E-state index in [2.05, 4.69) is 19.8 Å². The Hall–Kier alpha value is -0.920. The molecule has 0 aliphatic carbocycles. The molecule has 1 unspecified atom stereocenters.